The van der Waals surface area contributed by atoms with Crippen molar-refractivity contribution in [1.82, 2.24) is 10.6 Å². The third kappa shape index (κ3) is 8.77. The molecule has 0 saturated carbocycles. The van der Waals surface area contributed by atoms with Gasteiger partial charge in [-0.1, -0.05) is 13.8 Å². The number of nitrogens with one attached hydrogen (secondary N) is 2. The quantitative estimate of drug-likeness (QED) is 0.642. The van der Waals surface area contributed by atoms with Crippen LogP contribution in [0.1, 0.15) is 46.0 Å². The molecule has 0 spiro atoms. The SMILES string of the molecule is CC(C)CC(CCO)CNC(=O)CC1CCNCC1.Cl. The Bertz CT molecular complexity index is 256. The molecule has 0 aromatic carbocycles. The van der Waals surface area contributed by atoms with Crippen molar-refractivity contribution < 1.29 is 9.90 Å². The van der Waals surface area contributed by atoms with Gasteiger partial charge in [0.1, 0.15) is 0 Å². The average molecular weight is 307 g/mol. The smallest absolute Gasteiger partial charge is 0.220 e. The standard InChI is InChI=1S/C15H30N2O2.ClH/c1-12(2)9-14(5-8-18)11-17-15(19)10-13-3-6-16-7-4-13;/h12-14,16,18H,3-11H2,1-2H3,(H,17,19);1H. The topological polar surface area (TPSA) is 61.4 Å². The van der Waals surface area contributed by atoms with Gasteiger partial charge in [0.05, 0.1) is 0 Å². The van der Waals surface area contributed by atoms with Gasteiger partial charge in [-0.15, -0.1) is 12.4 Å². The maximum Gasteiger partial charge on any atom is 0.220 e. The number of aliphatic hydroxyl groups is 1. The fourth-order valence-corrected chi connectivity index (χ4v) is 2.83. The van der Waals surface area contributed by atoms with Gasteiger partial charge in [0.15, 0.2) is 0 Å². The molecule has 0 radical (unpaired) electrons. The molecule has 1 atom stereocenters. The highest BCUT2D eigenvalue weighted by molar-refractivity contribution is 5.85. The fraction of sp³-hybridized carbons (Fsp3) is 0.933. The largest absolute Gasteiger partial charge is 0.396 e. The van der Waals surface area contributed by atoms with Crippen molar-refractivity contribution in [1.29, 1.82) is 0 Å². The third-order valence-corrected chi connectivity index (χ3v) is 3.86. The molecule has 1 rings (SSSR count). The van der Waals surface area contributed by atoms with Gasteiger partial charge >= 0.3 is 0 Å². The molecule has 1 aliphatic rings. The summed E-state index contributed by atoms with van der Waals surface area (Å²) in [6.45, 7) is 7.36. The Balaban J connectivity index is 0.00000361. The lowest BCUT2D eigenvalue weighted by Crippen LogP contribution is -2.34. The zero-order chi connectivity index (χ0) is 14.1. The van der Waals surface area contributed by atoms with Crippen molar-refractivity contribution in [2.75, 3.05) is 26.2 Å². The molecule has 0 bridgehead atoms. The summed E-state index contributed by atoms with van der Waals surface area (Å²) in [5.41, 5.74) is 0. The van der Waals surface area contributed by atoms with Crippen molar-refractivity contribution in [3.05, 3.63) is 0 Å². The first-order chi connectivity index (χ1) is 9.11. The Kier molecular flexibility index (Phi) is 11.2. The van der Waals surface area contributed by atoms with E-state index in [1.54, 1.807) is 0 Å². The summed E-state index contributed by atoms with van der Waals surface area (Å²) in [6.07, 6.45) is 4.73. The molecule has 0 aromatic heterocycles. The van der Waals surface area contributed by atoms with Gasteiger partial charge < -0.3 is 15.7 Å². The number of amides is 1. The van der Waals surface area contributed by atoms with Crippen molar-refractivity contribution >= 4 is 18.3 Å². The van der Waals surface area contributed by atoms with Crippen LogP contribution in [0.5, 0.6) is 0 Å². The first-order valence-electron chi connectivity index (χ1n) is 7.70. The first-order valence-corrected chi connectivity index (χ1v) is 7.70. The summed E-state index contributed by atoms with van der Waals surface area (Å²) in [7, 11) is 0. The van der Waals surface area contributed by atoms with Crippen molar-refractivity contribution in [2.24, 2.45) is 17.8 Å². The second-order valence-corrected chi connectivity index (χ2v) is 6.21. The summed E-state index contributed by atoms with van der Waals surface area (Å²) in [4.78, 5) is 11.9. The van der Waals surface area contributed by atoms with Gasteiger partial charge in [-0.25, -0.2) is 0 Å². The van der Waals surface area contributed by atoms with E-state index in [1.807, 2.05) is 0 Å². The number of hydrogen-bond acceptors (Lipinski definition) is 3. The van der Waals surface area contributed by atoms with Crippen molar-refractivity contribution in [2.45, 2.75) is 46.0 Å². The number of carbonyl (C=O) groups is 1. The van der Waals surface area contributed by atoms with E-state index in [0.29, 0.717) is 30.7 Å². The lowest BCUT2D eigenvalue weighted by atomic mass is 9.93. The van der Waals surface area contributed by atoms with Crippen LogP contribution in [0.25, 0.3) is 0 Å². The number of halogens is 1. The van der Waals surface area contributed by atoms with E-state index in [-0.39, 0.29) is 24.9 Å². The van der Waals surface area contributed by atoms with Crippen molar-refractivity contribution in [3.8, 4) is 0 Å². The van der Waals surface area contributed by atoms with E-state index in [0.717, 1.165) is 38.8 Å². The molecular weight excluding hydrogens is 276 g/mol. The summed E-state index contributed by atoms with van der Waals surface area (Å²) in [5, 5.41) is 15.4. The second kappa shape index (κ2) is 11.4. The molecule has 3 N–H and O–H groups in total. The zero-order valence-corrected chi connectivity index (χ0v) is 13.7. The third-order valence-electron chi connectivity index (χ3n) is 3.86. The molecule has 1 unspecified atom stereocenters. The minimum Gasteiger partial charge on any atom is -0.396 e. The van der Waals surface area contributed by atoms with Gasteiger partial charge in [-0.2, -0.15) is 0 Å². The van der Waals surface area contributed by atoms with Gasteiger partial charge in [0, 0.05) is 19.6 Å². The van der Waals surface area contributed by atoms with Crippen molar-refractivity contribution in [3.63, 3.8) is 0 Å². The molecule has 1 aliphatic heterocycles. The Hall–Kier alpha value is -0.320. The molecule has 1 fully saturated rings. The molecule has 0 aromatic rings. The van der Waals surface area contributed by atoms with Crippen LogP contribution in [-0.4, -0.2) is 37.3 Å². The number of aliphatic hydroxyl groups excluding tert-OH is 1. The maximum absolute atomic E-state index is 11.9. The molecule has 4 nitrogen and oxygen atoms in total. The molecule has 1 saturated heterocycles. The Morgan fingerprint density at radius 1 is 1.35 bits per heavy atom. The van der Waals surface area contributed by atoms with Gasteiger partial charge in [0.2, 0.25) is 5.91 Å². The van der Waals surface area contributed by atoms with E-state index in [9.17, 15) is 4.79 Å². The van der Waals surface area contributed by atoms with E-state index in [1.165, 1.54) is 0 Å². The van der Waals surface area contributed by atoms with Crippen LogP contribution in [0.3, 0.4) is 0 Å². The summed E-state index contributed by atoms with van der Waals surface area (Å²) < 4.78 is 0. The molecule has 5 heteroatoms. The predicted molar refractivity (Wildman–Crippen MR) is 85.1 cm³/mol. The molecule has 1 amide bonds. The summed E-state index contributed by atoms with van der Waals surface area (Å²) >= 11 is 0. The number of carbonyl (C=O) groups excluding carboxylic acids is 1. The highest BCUT2D eigenvalue weighted by Crippen LogP contribution is 2.17. The number of hydrogen-bond donors (Lipinski definition) is 3. The van der Waals surface area contributed by atoms with Crippen LogP contribution in [0.15, 0.2) is 0 Å². The Labute approximate surface area is 129 Å². The first kappa shape index (κ1) is 19.7. The normalized spacial score (nSPS) is 17.6. The monoisotopic (exact) mass is 306 g/mol. The van der Waals surface area contributed by atoms with Crippen LogP contribution in [0.4, 0.5) is 0 Å². The molecule has 0 aliphatic carbocycles. The lowest BCUT2D eigenvalue weighted by molar-refractivity contribution is -0.122. The molecule has 120 valence electrons. The minimum absolute atomic E-state index is 0. The summed E-state index contributed by atoms with van der Waals surface area (Å²) in [6, 6.07) is 0. The number of piperidine rings is 1. The predicted octanol–water partition coefficient (Wildman–Crippen LogP) is 1.96. The van der Waals surface area contributed by atoms with Gasteiger partial charge in [-0.05, 0) is 56.5 Å². The average Bonchev–Trinajstić information content (AvgIpc) is 2.37. The van der Waals surface area contributed by atoms with E-state index >= 15 is 0 Å². The van der Waals surface area contributed by atoms with Crippen LogP contribution >= 0.6 is 12.4 Å². The van der Waals surface area contributed by atoms with Gasteiger partial charge in [-0.3, -0.25) is 4.79 Å². The Morgan fingerprint density at radius 3 is 2.55 bits per heavy atom. The second-order valence-electron chi connectivity index (χ2n) is 6.21. The lowest BCUT2D eigenvalue weighted by Gasteiger charge is -2.23. The zero-order valence-electron chi connectivity index (χ0n) is 12.9. The molecule has 20 heavy (non-hydrogen) atoms. The van der Waals surface area contributed by atoms with E-state index < -0.39 is 0 Å². The van der Waals surface area contributed by atoms with Crippen LogP contribution in [0.2, 0.25) is 0 Å². The molecular formula is C15H31ClN2O2. The summed E-state index contributed by atoms with van der Waals surface area (Å²) in [5.74, 6) is 1.74. The minimum atomic E-state index is 0. The Morgan fingerprint density at radius 2 is 2.00 bits per heavy atom. The van der Waals surface area contributed by atoms with Crippen LogP contribution in [-0.2, 0) is 4.79 Å². The van der Waals surface area contributed by atoms with Gasteiger partial charge in [0.25, 0.3) is 0 Å². The van der Waals surface area contributed by atoms with Crippen LogP contribution < -0.4 is 10.6 Å². The molecule has 1 heterocycles. The highest BCUT2D eigenvalue weighted by atomic mass is 35.5. The number of rotatable bonds is 8. The fourth-order valence-electron chi connectivity index (χ4n) is 2.83. The van der Waals surface area contributed by atoms with E-state index in [4.69, 9.17) is 5.11 Å². The van der Waals surface area contributed by atoms with E-state index in [2.05, 4.69) is 24.5 Å². The maximum atomic E-state index is 11.9. The van der Waals surface area contributed by atoms with Crippen LogP contribution in [0, 0.1) is 17.8 Å². The highest BCUT2D eigenvalue weighted by Gasteiger charge is 2.17.